The van der Waals surface area contributed by atoms with Crippen LogP contribution in [0.15, 0.2) is 36.4 Å². The topological polar surface area (TPSA) is 159 Å². The maximum atomic E-state index is 12.9. The molecule has 4 rings (SSSR count). The van der Waals surface area contributed by atoms with Crippen molar-refractivity contribution < 1.29 is 43.7 Å². The Bertz CT molecular complexity index is 1340. The Labute approximate surface area is 198 Å². The highest BCUT2D eigenvalue weighted by atomic mass is 16.5. The molecule has 0 bridgehead atoms. The predicted octanol–water partition coefficient (Wildman–Crippen LogP) is 2.12. The van der Waals surface area contributed by atoms with Crippen LogP contribution in [0.2, 0.25) is 0 Å². The molecule has 2 aliphatic heterocycles. The lowest BCUT2D eigenvalue weighted by Crippen LogP contribution is -2.51. The van der Waals surface area contributed by atoms with Crippen LogP contribution in [-0.2, 0) is 4.74 Å². The van der Waals surface area contributed by atoms with Gasteiger partial charge in [0, 0.05) is 0 Å². The first-order valence-electron chi connectivity index (χ1n) is 10.5. The largest absolute Gasteiger partial charge is 0.478 e. The van der Waals surface area contributed by atoms with Gasteiger partial charge in [0.1, 0.15) is 5.72 Å². The molecule has 0 saturated carbocycles. The Hall–Kier alpha value is -4.38. The Morgan fingerprint density at radius 3 is 1.74 bits per heavy atom. The molecule has 2 aromatic carbocycles. The van der Waals surface area contributed by atoms with Crippen LogP contribution in [0.5, 0.6) is 0 Å². The molecule has 2 heterocycles. The molecule has 0 spiro atoms. The Balaban J connectivity index is 1.51. The lowest BCUT2D eigenvalue weighted by molar-refractivity contribution is -0.105. The fourth-order valence-corrected chi connectivity index (χ4v) is 4.12. The van der Waals surface area contributed by atoms with Gasteiger partial charge >= 0.3 is 11.9 Å². The van der Waals surface area contributed by atoms with Crippen LogP contribution in [0, 0.1) is 0 Å². The molecule has 2 N–H and O–H groups in total. The monoisotopic (exact) mass is 480 g/mol. The lowest BCUT2D eigenvalue weighted by Gasteiger charge is -2.35. The molecule has 0 fully saturated rings. The summed E-state index contributed by atoms with van der Waals surface area (Å²) in [6, 6.07) is 6.45. The summed E-state index contributed by atoms with van der Waals surface area (Å²) in [4.78, 5) is 75.7. The number of imide groups is 2. The second kappa shape index (κ2) is 8.13. The molecular weight excluding hydrogens is 460 g/mol. The van der Waals surface area contributed by atoms with Crippen molar-refractivity contribution in [3.8, 4) is 0 Å². The molecule has 11 heteroatoms. The van der Waals surface area contributed by atoms with Crippen LogP contribution in [0.1, 0.15) is 82.9 Å². The van der Waals surface area contributed by atoms with E-state index in [1.165, 1.54) is 45.0 Å². The van der Waals surface area contributed by atoms with E-state index in [-0.39, 0.29) is 40.0 Å². The fraction of sp³-hybridized carbons (Fsp3) is 0.250. The number of benzene rings is 2. The Morgan fingerprint density at radius 2 is 1.23 bits per heavy atom. The van der Waals surface area contributed by atoms with E-state index in [1.807, 2.05) is 0 Å². The van der Waals surface area contributed by atoms with Crippen molar-refractivity contribution in [2.75, 3.05) is 6.61 Å². The lowest BCUT2D eigenvalue weighted by atomic mass is 10.1. The van der Waals surface area contributed by atoms with E-state index in [4.69, 9.17) is 9.84 Å². The molecule has 180 valence electrons. The van der Waals surface area contributed by atoms with Crippen LogP contribution >= 0.6 is 0 Å². The van der Waals surface area contributed by atoms with E-state index in [1.54, 1.807) is 0 Å². The van der Waals surface area contributed by atoms with Gasteiger partial charge in [-0.2, -0.15) is 0 Å². The van der Waals surface area contributed by atoms with E-state index < -0.39 is 47.3 Å². The van der Waals surface area contributed by atoms with Crippen LogP contribution < -0.4 is 0 Å². The van der Waals surface area contributed by atoms with Crippen molar-refractivity contribution in [1.29, 1.82) is 0 Å². The van der Waals surface area contributed by atoms with Crippen LogP contribution in [0.3, 0.4) is 0 Å². The molecule has 2 aliphatic rings. The molecule has 2 aromatic rings. The summed E-state index contributed by atoms with van der Waals surface area (Å²) in [5.74, 6) is -5.16. The molecule has 0 aromatic heterocycles. The standard InChI is InChI=1S/C24H20N2O9/c1-11(25-18(27)14-6-4-12(22(31)32)8-16(14)19(25)28)10-35-24(2,3)26-20(29)15-7-5-13(23(33)34)9-17(15)21(26)30/h4-9,11H,10H2,1-3H3,(H,31,32)(H,33,34). The maximum Gasteiger partial charge on any atom is 0.335 e. The average molecular weight is 480 g/mol. The highest BCUT2D eigenvalue weighted by molar-refractivity contribution is 6.23. The van der Waals surface area contributed by atoms with Crippen molar-refractivity contribution in [3.05, 3.63) is 69.8 Å². The minimum atomic E-state index is -1.50. The summed E-state index contributed by atoms with van der Waals surface area (Å²) in [7, 11) is 0. The van der Waals surface area contributed by atoms with Gasteiger partial charge in [0.2, 0.25) is 0 Å². The first-order valence-corrected chi connectivity index (χ1v) is 10.5. The molecule has 0 aliphatic carbocycles. The number of carboxylic acid groups (broad SMARTS) is 2. The number of carbonyl (C=O) groups excluding carboxylic acids is 4. The number of amides is 4. The number of hydrogen-bond donors (Lipinski definition) is 2. The molecular formula is C24H20N2O9. The highest BCUT2D eigenvalue weighted by Gasteiger charge is 2.46. The first-order chi connectivity index (χ1) is 16.3. The number of aromatic carboxylic acids is 2. The molecule has 4 amide bonds. The molecule has 1 atom stereocenters. The average Bonchev–Trinajstić information content (AvgIpc) is 3.21. The van der Waals surface area contributed by atoms with E-state index in [0.717, 1.165) is 21.9 Å². The van der Waals surface area contributed by atoms with Crippen molar-refractivity contribution in [3.63, 3.8) is 0 Å². The SMILES string of the molecule is CC(COC(C)(C)N1C(=O)c2ccc(C(=O)O)cc2C1=O)N1C(=O)c2ccc(C(=O)O)cc2C1=O. The van der Waals surface area contributed by atoms with E-state index >= 15 is 0 Å². The fourth-order valence-electron chi connectivity index (χ4n) is 4.12. The Morgan fingerprint density at radius 1 is 0.800 bits per heavy atom. The summed E-state index contributed by atoms with van der Waals surface area (Å²) < 4.78 is 5.82. The van der Waals surface area contributed by atoms with Gasteiger partial charge in [-0.25, -0.2) is 14.5 Å². The van der Waals surface area contributed by atoms with Crippen molar-refractivity contribution >= 4 is 35.6 Å². The molecule has 0 saturated heterocycles. The summed E-state index contributed by atoms with van der Waals surface area (Å²) in [6.45, 7) is 4.22. The summed E-state index contributed by atoms with van der Waals surface area (Å²) in [5.41, 5.74) is -1.76. The van der Waals surface area contributed by atoms with Crippen molar-refractivity contribution in [2.24, 2.45) is 0 Å². The van der Waals surface area contributed by atoms with E-state index in [9.17, 15) is 33.9 Å². The van der Waals surface area contributed by atoms with Gasteiger partial charge in [-0.15, -0.1) is 0 Å². The number of ether oxygens (including phenoxy) is 1. The number of rotatable bonds is 7. The summed E-state index contributed by atoms with van der Waals surface area (Å²) in [5, 5.41) is 18.3. The molecule has 1 unspecified atom stereocenters. The third-order valence-electron chi connectivity index (χ3n) is 5.96. The molecule has 0 radical (unpaired) electrons. The van der Waals surface area contributed by atoms with Crippen molar-refractivity contribution in [1.82, 2.24) is 9.80 Å². The zero-order chi connectivity index (χ0) is 25.8. The number of carboxylic acids is 2. The Kier molecular flexibility index (Phi) is 5.52. The molecule has 35 heavy (non-hydrogen) atoms. The van der Waals surface area contributed by atoms with E-state index in [2.05, 4.69) is 0 Å². The van der Waals surface area contributed by atoms with Gasteiger partial charge in [0.15, 0.2) is 0 Å². The smallest absolute Gasteiger partial charge is 0.335 e. The van der Waals surface area contributed by atoms with Gasteiger partial charge in [-0.05, 0) is 57.2 Å². The second-order valence-electron chi connectivity index (χ2n) is 8.66. The number of fused-ring (bicyclic) bond motifs is 2. The quantitative estimate of drug-likeness (QED) is 0.566. The summed E-state index contributed by atoms with van der Waals surface area (Å²) in [6.07, 6.45) is 0. The third kappa shape index (κ3) is 3.75. The van der Waals surface area contributed by atoms with Gasteiger partial charge in [0.05, 0.1) is 46.0 Å². The zero-order valence-electron chi connectivity index (χ0n) is 18.9. The normalized spacial score (nSPS) is 16.0. The van der Waals surface area contributed by atoms with Gasteiger partial charge in [-0.3, -0.25) is 24.1 Å². The highest BCUT2D eigenvalue weighted by Crippen LogP contribution is 2.32. The van der Waals surface area contributed by atoms with Gasteiger partial charge in [-0.1, -0.05) is 0 Å². The maximum absolute atomic E-state index is 12.9. The number of carbonyl (C=O) groups is 6. The van der Waals surface area contributed by atoms with Crippen LogP contribution in [-0.4, -0.2) is 74.0 Å². The predicted molar refractivity (Wildman–Crippen MR) is 117 cm³/mol. The zero-order valence-corrected chi connectivity index (χ0v) is 18.9. The first kappa shape index (κ1) is 23.8. The van der Waals surface area contributed by atoms with E-state index in [0.29, 0.717) is 0 Å². The third-order valence-corrected chi connectivity index (χ3v) is 5.96. The van der Waals surface area contributed by atoms with Crippen molar-refractivity contribution in [2.45, 2.75) is 32.5 Å². The summed E-state index contributed by atoms with van der Waals surface area (Å²) >= 11 is 0. The van der Waals surface area contributed by atoms with Crippen LogP contribution in [0.25, 0.3) is 0 Å². The van der Waals surface area contributed by atoms with Crippen LogP contribution in [0.4, 0.5) is 0 Å². The number of nitrogens with zero attached hydrogens (tertiary/aromatic N) is 2. The minimum Gasteiger partial charge on any atom is -0.478 e. The molecule has 11 nitrogen and oxygen atoms in total. The second-order valence-corrected chi connectivity index (χ2v) is 8.66. The number of hydrogen-bond acceptors (Lipinski definition) is 7. The minimum absolute atomic E-state index is 0.0319. The van der Waals surface area contributed by atoms with Gasteiger partial charge < -0.3 is 14.9 Å². The van der Waals surface area contributed by atoms with Gasteiger partial charge in [0.25, 0.3) is 23.6 Å².